The van der Waals surface area contributed by atoms with Crippen LogP contribution in [0.3, 0.4) is 0 Å². The number of aryl methyl sites for hydroxylation is 1. The van der Waals surface area contributed by atoms with Crippen molar-refractivity contribution in [2.24, 2.45) is 0 Å². The molecule has 0 atom stereocenters. The van der Waals surface area contributed by atoms with Crippen molar-refractivity contribution in [3.05, 3.63) is 65.9 Å². The van der Waals surface area contributed by atoms with Crippen molar-refractivity contribution >= 4 is 10.9 Å². The van der Waals surface area contributed by atoms with Crippen LogP contribution < -0.4 is 4.74 Å². The minimum absolute atomic E-state index is 0.222. The Morgan fingerprint density at radius 1 is 1.10 bits per heavy atom. The molecule has 3 heteroatoms. The van der Waals surface area contributed by atoms with Gasteiger partial charge in [0.2, 0.25) is 0 Å². The van der Waals surface area contributed by atoms with E-state index in [0.29, 0.717) is 12.4 Å². The third-order valence-electron chi connectivity index (χ3n) is 3.17. The van der Waals surface area contributed by atoms with Crippen molar-refractivity contribution in [2.75, 3.05) is 0 Å². The Morgan fingerprint density at radius 2 is 1.95 bits per heavy atom. The van der Waals surface area contributed by atoms with E-state index in [1.54, 1.807) is 18.3 Å². The Balaban J connectivity index is 1.87. The molecule has 0 aliphatic heterocycles. The Kier molecular flexibility index (Phi) is 3.25. The largest absolute Gasteiger partial charge is 0.508 e. The smallest absolute Gasteiger partial charge is 0.123 e. The molecule has 100 valence electrons. The van der Waals surface area contributed by atoms with Gasteiger partial charge in [-0.15, -0.1) is 0 Å². The SMILES string of the molecule is Cc1cc(O)cc(OCc2ccnc3ccccc23)c1. The lowest BCUT2D eigenvalue weighted by molar-refractivity contribution is 0.305. The van der Waals surface area contributed by atoms with E-state index in [2.05, 4.69) is 4.98 Å². The number of hydrogen-bond donors (Lipinski definition) is 1. The molecule has 0 aliphatic carbocycles. The molecule has 0 saturated carbocycles. The van der Waals surface area contributed by atoms with Crippen LogP contribution in [-0.4, -0.2) is 10.1 Å². The molecule has 0 saturated heterocycles. The predicted octanol–water partition coefficient (Wildman–Crippen LogP) is 3.83. The van der Waals surface area contributed by atoms with Crippen molar-refractivity contribution in [1.82, 2.24) is 4.98 Å². The van der Waals surface area contributed by atoms with Gasteiger partial charge in [0.1, 0.15) is 18.1 Å². The third-order valence-corrected chi connectivity index (χ3v) is 3.17. The van der Waals surface area contributed by atoms with E-state index in [1.807, 2.05) is 43.3 Å². The van der Waals surface area contributed by atoms with Gasteiger partial charge in [0.15, 0.2) is 0 Å². The average molecular weight is 265 g/mol. The van der Waals surface area contributed by atoms with Crippen molar-refractivity contribution < 1.29 is 9.84 Å². The molecule has 1 N–H and O–H groups in total. The maximum Gasteiger partial charge on any atom is 0.123 e. The molecule has 0 bridgehead atoms. The van der Waals surface area contributed by atoms with E-state index in [9.17, 15) is 5.11 Å². The van der Waals surface area contributed by atoms with Crippen LogP contribution in [0, 0.1) is 6.92 Å². The van der Waals surface area contributed by atoms with Gasteiger partial charge in [0.25, 0.3) is 0 Å². The summed E-state index contributed by atoms with van der Waals surface area (Å²) < 4.78 is 5.77. The summed E-state index contributed by atoms with van der Waals surface area (Å²) >= 11 is 0. The highest BCUT2D eigenvalue weighted by atomic mass is 16.5. The van der Waals surface area contributed by atoms with E-state index < -0.39 is 0 Å². The van der Waals surface area contributed by atoms with Crippen molar-refractivity contribution in [1.29, 1.82) is 0 Å². The first-order chi connectivity index (χ1) is 9.72. The van der Waals surface area contributed by atoms with E-state index in [-0.39, 0.29) is 5.75 Å². The number of phenolic OH excluding ortho intramolecular Hbond substituents is 1. The van der Waals surface area contributed by atoms with E-state index >= 15 is 0 Å². The second-order valence-corrected chi connectivity index (χ2v) is 4.78. The van der Waals surface area contributed by atoms with Gasteiger partial charge in [0, 0.05) is 23.2 Å². The number of aromatic nitrogens is 1. The molecule has 0 radical (unpaired) electrons. The van der Waals surface area contributed by atoms with E-state index in [1.165, 1.54) is 0 Å². The summed E-state index contributed by atoms with van der Waals surface area (Å²) in [6.45, 7) is 2.38. The number of rotatable bonds is 3. The van der Waals surface area contributed by atoms with Gasteiger partial charge in [-0.3, -0.25) is 4.98 Å². The summed E-state index contributed by atoms with van der Waals surface area (Å²) in [5.41, 5.74) is 3.01. The molecule has 3 rings (SSSR count). The fourth-order valence-corrected chi connectivity index (χ4v) is 2.25. The third kappa shape index (κ3) is 2.57. The number of ether oxygens (including phenoxy) is 1. The second kappa shape index (κ2) is 5.21. The zero-order chi connectivity index (χ0) is 13.9. The number of benzene rings is 2. The molecular weight excluding hydrogens is 250 g/mol. The summed E-state index contributed by atoms with van der Waals surface area (Å²) in [6.07, 6.45) is 1.79. The van der Waals surface area contributed by atoms with Crippen LogP contribution in [0.1, 0.15) is 11.1 Å². The number of pyridine rings is 1. The van der Waals surface area contributed by atoms with Gasteiger partial charge in [-0.1, -0.05) is 18.2 Å². The molecule has 3 nitrogen and oxygen atoms in total. The zero-order valence-electron chi connectivity index (χ0n) is 11.2. The van der Waals surface area contributed by atoms with Gasteiger partial charge in [-0.2, -0.15) is 0 Å². The molecule has 0 unspecified atom stereocenters. The van der Waals surface area contributed by atoms with Crippen LogP contribution >= 0.6 is 0 Å². The molecule has 1 aromatic heterocycles. The van der Waals surface area contributed by atoms with Crippen molar-refractivity contribution in [3.63, 3.8) is 0 Å². The van der Waals surface area contributed by atoms with Crippen LogP contribution in [0.4, 0.5) is 0 Å². The van der Waals surface area contributed by atoms with Gasteiger partial charge in [-0.25, -0.2) is 0 Å². The normalized spacial score (nSPS) is 10.7. The van der Waals surface area contributed by atoms with Crippen LogP contribution in [0.25, 0.3) is 10.9 Å². The molecule has 0 aliphatic rings. The van der Waals surface area contributed by atoms with E-state index in [4.69, 9.17) is 4.74 Å². The predicted molar refractivity (Wildman–Crippen MR) is 78.9 cm³/mol. The quantitative estimate of drug-likeness (QED) is 0.782. The summed E-state index contributed by atoms with van der Waals surface area (Å²) in [6, 6.07) is 15.2. The van der Waals surface area contributed by atoms with Gasteiger partial charge in [0.05, 0.1) is 5.52 Å². The Labute approximate surface area is 117 Å². The highest BCUT2D eigenvalue weighted by Gasteiger charge is 2.03. The molecule has 3 aromatic rings. The van der Waals surface area contributed by atoms with E-state index in [0.717, 1.165) is 22.0 Å². The molecule has 1 heterocycles. The standard InChI is InChI=1S/C17H15NO2/c1-12-8-14(19)10-15(9-12)20-11-13-6-7-18-17-5-3-2-4-16(13)17/h2-10,19H,11H2,1H3. The number of fused-ring (bicyclic) bond motifs is 1. The molecule has 20 heavy (non-hydrogen) atoms. The maximum atomic E-state index is 9.57. The summed E-state index contributed by atoms with van der Waals surface area (Å²) in [4.78, 5) is 4.33. The topological polar surface area (TPSA) is 42.4 Å². The molecule has 0 amide bonds. The molecular formula is C17H15NO2. The first kappa shape index (κ1) is 12.5. The lowest BCUT2D eigenvalue weighted by Crippen LogP contribution is -1.97. The first-order valence-electron chi connectivity index (χ1n) is 6.48. The summed E-state index contributed by atoms with van der Waals surface area (Å²) in [5, 5.41) is 10.7. The van der Waals surface area contributed by atoms with Crippen LogP contribution in [0.2, 0.25) is 0 Å². The van der Waals surface area contributed by atoms with Crippen LogP contribution in [0.5, 0.6) is 11.5 Å². The number of aromatic hydroxyl groups is 1. The fourth-order valence-electron chi connectivity index (χ4n) is 2.25. The van der Waals surface area contributed by atoms with Crippen molar-refractivity contribution in [2.45, 2.75) is 13.5 Å². The lowest BCUT2D eigenvalue weighted by atomic mass is 10.1. The van der Waals surface area contributed by atoms with Gasteiger partial charge < -0.3 is 9.84 Å². The minimum Gasteiger partial charge on any atom is -0.508 e. The monoisotopic (exact) mass is 265 g/mol. The highest BCUT2D eigenvalue weighted by Crippen LogP contribution is 2.23. The first-order valence-corrected chi connectivity index (χ1v) is 6.48. The van der Waals surface area contributed by atoms with Gasteiger partial charge >= 0.3 is 0 Å². The fraction of sp³-hybridized carbons (Fsp3) is 0.118. The molecule has 0 spiro atoms. The number of nitrogens with zero attached hydrogens (tertiary/aromatic N) is 1. The number of para-hydroxylation sites is 1. The summed E-state index contributed by atoms with van der Waals surface area (Å²) in [5.74, 6) is 0.892. The Hall–Kier alpha value is -2.55. The lowest BCUT2D eigenvalue weighted by Gasteiger charge is -2.09. The highest BCUT2D eigenvalue weighted by molar-refractivity contribution is 5.81. The van der Waals surface area contributed by atoms with Crippen LogP contribution in [0.15, 0.2) is 54.7 Å². The number of hydrogen-bond acceptors (Lipinski definition) is 3. The minimum atomic E-state index is 0.222. The molecule has 2 aromatic carbocycles. The number of phenols is 1. The zero-order valence-corrected chi connectivity index (χ0v) is 11.2. The van der Waals surface area contributed by atoms with Gasteiger partial charge in [-0.05, 0) is 36.8 Å². The van der Waals surface area contributed by atoms with Crippen molar-refractivity contribution in [3.8, 4) is 11.5 Å². The Bertz CT molecular complexity index is 727. The maximum absolute atomic E-state index is 9.57. The average Bonchev–Trinajstić information content (AvgIpc) is 2.44. The Morgan fingerprint density at radius 3 is 2.80 bits per heavy atom. The summed E-state index contributed by atoms with van der Waals surface area (Å²) in [7, 11) is 0. The second-order valence-electron chi connectivity index (χ2n) is 4.78. The van der Waals surface area contributed by atoms with Crippen LogP contribution in [-0.2, 0) is 6.61 Å². The molecule has 0 fully saturated rings.